The summed E-state index contributed by atoms with van der Waals surface area (Å²) in [5.74, 6) is 0.921. The van der Waals surface area contributed by atoms with Gasteiger partial charge in [-0.15, -0.1) is 0 Å². The zero-order valence-electron chi connectivity index (χ0n) is 10.5. The van der Waals surface area contributed by atoms with Crippen LogP contribution in [0.1, 0.15) is 44.9 Å². The van der Waals surface area contributed by atoms with Crippen LogP contribution in [0.2, 0.25) is 0 Å². The van der Waals surface area contributed by atoms with Gasteiger partial charge in [-0.25, -0.2) is 4.98 Å². The first kappa shape index (κ1) is 13.5. The van der Waals surface area contributed by atoms with Crippen molar-refractivity contribution in [3.8, 4) is 0 Å². The molecular formula is C14H19BrN2O. The van der Waals surface area contributed by atoms with Crippen molar-refractivity contribution in [1.82, 2.24) is 4.98 Å². The van der Waals surface area contributed by atoms with Crippen molar-refractivity contribution < 1.29 is 4.79 Å². The van der Waals surface area contributed by atoms with Crippen LogP contribution >= 0.6 is 15.9 Å². The molecule has 2 rings (SSSR count). The van der Waals surface area contributed by atoms with Crippen molar-refractivity contribution >= 4 is 27.7 Å². The predicted octanol–water partition coefficient (Wildman–Crippen LogP) is 4.14. The van der Waals surface area contributed by atoms with Crippen molar-refractivity contribution in [2.75, 3.05) is 5.32 Å². The molecule has 0 bridgehead atoms. The third-order valence-corrected chi connectivity index (χ3v) is 3.88. The fraction of sp³-hybridized carbons (Fsp3) is 0.571. The molecule has 1 N–H and O–H groups in total. The maximum Gasteiger partial charge on any atom is 0.228 e. The molecule has 1 fully saturated rings. The minimum Gasteiger partial charge on any atom is -0.310 e. The Bertz CT molecular complexity index is 401. The lowest BCUT2D eigenvalue weighted by Gasteiger charge is -2.18. The van der Waals surface area contributed by atoms with E-state index in [1.807, 2.05) is 18.2 Å². The second kappa shape index (κ2) is 6.88. The Morgan fingerprint density at radius 1 is 1.17 bits per heavy atom. The van der Waals surface area contributed by atoms with Gasteiger partial charge in [0.2, 0.25) is 5.91 Å². The summed E-state index contributed by atoms with van der Waals surface area (Å²) in [4.78, 5) is 16.4. The number of hydrogen-bond donors (Lipinski definition) is 1. The summed E-state index contributed by atoms with van der Waals surface area (Å²) in [5, 5.41) is 2.92. The highest BCUT2D eigenvalue weighted by molar-refractivity contribution is 9.10. The van der Waals surface area contributed by atoms with Crippen LogP contribution in [0.4, 0.5) is 5.82 Å². The van der Waals surface area contributed by atoms with Crippen LogP contribution in [-0.4, -0.2) is 10.9 Å². The third-order valence-electron chi connectivity index (χ3n) is 3.44. The number of amides is 1. The lowest BCUT2D eigenvalue weighted by Crippen LogP contribution is -2.24. The van der Waals surface area contributed by atoms with E-state index in [1.165, 1.54) is 32.1 Å². The van der Waals surface area contributed by atoms with E-state index in [0.717, 1.165) is 17.4 Å². The Morgan fingerprint density at radius 3 is 2.50 bits per heavy atom. The molecule has 4 heteroatoms. The second-order valence-electron chi connectivity index (χ2n) is 4.88. The summed E-state index contributed by atoms with van der Waals surface area (Å²) >= 11 is 3.31. The van der Waals surface area contributed by atoms with Crippen LogP contribution in [0.3, 0.4) is 0 Å². The molecule has 1 aromatic heterocycles. The quantitative estimate of drug-likeness (QED) is 0.834. The fourth-order valence-electron chi connectivity index (χ4n) is 2.42. The average molecular weight is 311 g/mol. The molecule has 1 saturated carbocycles. The molecule has 1 amide bonds. The number of aromatic nitrogens is 1. The number of carbonyl (C=O) groups excluding carboxylic acids is 1. The van der Waals surface area contributed by atoms with Gasteiger partial charge in [0.1, 0.15) is 10.4 Å². The SMILES string of the molecule is O=C(Nc1cccc(Br)n1)C1CCCCCCC1. The second-order valence-corrected chi connectivity index (χ2v) is 5.69. The van der Waals surface area contributed by atoms with Crippen molar-refractivity contribution in [3.63, 3.8) is 0 Å². The van der Waals surface area contributed by atoms with Gasteiger partial charge in [-0.1, -0.05) is 38.2 Å². The summed E-state index contributed by atoms with van der Waals surface area (Å²) in [6, 6.07) is 5.56. The smallest absolute Gasteiger partial charge is 0.228 e. The van der Waals surface area contributed by atoms with E-state index in [4.69, 9.17) is 0 Å². The average Bonchev–Trinajstić information content (AvgIpc) is 2.28. The van der Waals surface area contributed by atoms with Gasteiger partial charge in [-0.05, 0) is 40.9 Å². The predicted molar refractivity (Wildman–Crippen MR) is 76.4 cm³/mol. The van der Waals surface area contributed by atoms with Gasteiger partial charge in [0, 0.05) is 5.92 Å². The molecule has 0 saturated heterocycles. The minimum absolute atomic E-state index is 0.127. The van der Waals surface area contributed by atoms with E-state index in [1.54, 1.807) is 0 Å². The number of pyridine rings is 1. The third kappa shape index (κ3) is 4.09. The van der Waals surface area contributed by atoms with Gasteiger partial charge in [-0.3, -0.25) is 4.79 Å². The maximum absolute atomic E-state index is 12.2. The maximum atomic E-state index is 12.2. The largest absolute Gasteiger partial charge is 0.310 e. The Kier molecular flexibility index (Phi) is 5.17. The minimum atomic E-state index is 0.127. The molecule has 18 heavy (non-hydrogen) atoms. The Hall–Kier alpha value is -0.900. The van der Waals surface area contributed by atoms with Gasteiger partial charge in [0.05, 0.1) is 0 Å². The normalized spacial score (nSPS) is 17.8. The monoisotopic (exact) mass is 310 g/mol. The van der Waals surface area contributed by atoms with Gasteiger partial charge < -0.3 is 5.32 Å². The summed E-state index contributed by atoms with van der Waals surface area (Å²) in [5.41, 5.74) is 0. The molecule has 1 aliphatic rings. The summed E-state index contributed by atoms with van der Waals surface area (Å²) in [7, 11) is 0. The number of halogens is 1. The van der Waals surface area contributed by atoms with Crippen molar-refractivity contribution in [3.05, 3.63) is 22.8 Å². The first-order chi connectivity index (χ1) is 8.75. The zero-order valence-corrected chi connectivity index (χ0v) is 12.1. The molecule has 0 atom stereocenters. The lowest BCUT2D eigenvalue weighted by atomic mass is 9.90. The van der Waals surface area contributed by atoms with Gasteiger partial charge >= 0.3 is 0 Å². The van der Waals surface area contributed by atoms with Crippen molar-refractivity contribution in [1.29, 1.82) is 0 Å². The number of nitrogens with zero attached hydrogens (tertiary/aromatic N) is 1. The lowest BCUT2D eigenvalue weighted by molar-refractivity contribution is -0.120. The van der Waals surface area contributed by atoms with Crippen LogP contribution in [-0.2, 0) is 4.79 Å². The fourth-order valence-corrected chi connectivity index (χ4v) is 2.77. The molecule has 3 nitrogen and oxygen atoms in total. The Balaban J connectivity index is 1.93. The van der Waals surface area contributed by atoms with Crippen LogP contribution in [0, 0.1) is 5.92 Å². The van der Waals surface area contributed by atoms with E-state index >= 15 is 0 Å². The summed E-state index contributed by atoms with van der Waals surface area (Å²) < 4.78 is 0.748. The van der Waals surface area contributed by atoms with Gasteiger partial charge in [0.15, 0.2) is 0 Å². The van der Waals surface area contributed by atoms with Crippen LogP contribution in [0.15, 0.2) is 22.8 Å². The highest BCUT2D eigenvalue weighted by Crippen LogP contribution is 2.23. The van der Waals surface area contributed by atoms with Crippen LogP contribution in [0.25, 0.3) is 0 Å². The highest BCUT2D eigenvalue weighted by atomic mass is 79.9. The van der Waals surface area contributed by atoms with E-state index in [2.05, 4.69) is 26.2 Å². The summed E-state index contributed by atoms with van der Waals surface area (Å²) in [6.07, 6.45) is 8.22. The van der Waals surface area contributed by atoms with E-state index in [-0.39, 0.29) is 11.8 Å². The number of nitrogens with one attached hydrogen (secondary N) is 1. The molecule has 1 aliphatic carbocycles. The molecular weight excluding hydrogens is 292 g/mol. The molecule has 0 aromatic carbocycles. The van der Waals surface area contributed by atoms with E-state index in [0.29, 0.717) is 5.82 Å². The molecule has 1 aromatic rings. The Labute approximate surface area is 117 Å². The van der Waals surface area contributed by atoms with Crippen molar-refractivity contribution in [2.24, 2.45) is 5.92 Å². The summed E-state index contributed by atoms with van der Waals surface area (Å²) in [6.45, 7) is 0. The Morgan fingerprint density at radius 2 is 1.83 bits per heavy atom. The molecule has 0 spiro atoms. The van der Waals surface area contributed by atoms with Gasteiger partial charge in [-0.2, -0.15) is 0 Å². The molecule has 1 heterocycles. The zero-order chi connectivity index (χ0) is 12.8. The van der Waals surface area contributed by atoms with Crippen LogP contribution < -0.4 is 5.32 Å². The molecule has 98 valence electrons. The number of rotatable bonds is 2. The first-order valence-corrected chi connectivity index (χ1v) is 7.48. The highest BCUT2D eigenvalue weighted by Gasteiger charge is 2.19. The first-order valence-electron chi connectivity index (χ1n) is 6.69. The standard InChI is InChI=1S/C14H19BrN2O/c15-12-9-6-10-13(16-12)17-14(18)11-7-4-2-1-3-5-8-11/h6,9-11H,1-5,7-8H2,(H,16,17,18). The number of hydrogen-bond acceptors (Lipinski definition) is 2. The molecule has 0 aliphatic heterocycles. The van der Waals surface area contributed by atoms with Crippen LogP contribution in [0.5, 0.6) is 0 Å². The van der Waals surface area contributed by atoms with E-state index < -0.39 is 0 Å². The van der Waals surface area contributed by atoms with Crippen molar-refractivity contribution in [2.45, 2.75) is 44.9 Å². The molecule has 0 radical (unpaired) electrons. The number of anilines is 1. The van der Waals surface area contributed by atoms with Gasteiger partial charge in [0.25, 0.3) is 0 Å². The topological polar surface area (TPSA) is 42.0 Å². The van der Waals surface area contributed by atoms with E-state index in [9.17, 15) is 4.79 Å². The number of carbonyl (C=O) groups is 1. The molecule has 0 unspecified atom stereocenters.